The predicted octanol–water partition coefficient (Wildman–Crippen LogP) is 6.21. The second-order valence-electron chi connectivity index (χ2n) is 8.82. The van der Waals surface area contributed by atoms with E-state index in [4.69, 9.17) is 0 Å². The average molecular weight is 563 g/mol. The minimum atomic E-state index is -8.10. The van der Waals surface area contributed by atoms with Crippen molar-refractivity contribution < 1.29 is 76.1 Å². The Balaban J connectivity index is 6.64. The molecule has 0 fully saturated rings. The maximum atomic E-state index is 14.6. The van der Waals surface area contributed by atoms with Crippen LogP contribution in [0.15, 0.2) is 0 Å². The van der Waals surface area contributed by atoms with Crippen LogP contribution >= 0.6 is 0 Å². The van der Waals surface area contributed by atoms with Crippen molar-refractivity contribution >= 4 is 12.1 Å². The lowest BCUT2D eigenvalue weighted by Crippen LogP contribution is -2.72. The van der Waals surface area contributed by atoms with Crippen molar-refractivity contribution in [1.82, 2.24) is 5.32 Å². The van der Waals surface area contributed by atoms with Crippen molar-refractivity contribution in [2.24, 2.45) is 5.92 Å². The monoisotopic (exact) mass is 563 g/mol. The highest BCUT2D eigenvalue weighted by Crippen LogP contribution is 2.61. The Hall–Kier alpha value is -2.17. The fourth-order valence-corrected chi connectivity index (χ4v) is 2.41. The molecule has 0 aliphatic rings. The normalized spacial score (nSPS) is 16.4. The van der Waals surface area contributed by atoms with E-state index in [1.165, 1.54) is 26.1 Å². The van der Waals surface area contributed by atoms with Gasteiger partial charge in [-0.15, -0.1) is 0 Å². The van der Waals surface area contributed by atoms with Gasteiger partial charge in [-0.3, -0.25) is 0 Å². The Bertz CT molecular complexity index is 804. The molecule has 0 aliphatic carbocycles. The zero-order chi connectivity index (χ0) is 29.5. The van der Waals surface area contributed by atoms with E-state index in [1.54, 1.807) is 0 Å². The minimum absolute atomic E-state index is 0.173. The van der Waals surface area contributed by atoms with E-state index in [9.17, 15) is 66.7 Å². The smallest absolute Gasteiger partial charge is 0.460 e. The summed E-state index contributed by atoms with van der Waals surface area (Å²) in [4.78, 5) is 24.0. The predicted molar refractivity (Wildman–Crippen MR) is 94.3 cm³/mol. The van der Waals surface area contributed by atoms with Gasteiger partial charge in [-0.1, -0.05) is 6.92 Å². The molecule has 0 aliphatic heterocycles. The van der Waals surface area contributed by atoms with Gasteiger partial charge in [-0.25, -0.2) is 9.59 Å². The molecule has 2 atom stereocenters. The van der Waals surface area contributed by atoms with Gasteiger partial charge in [0.2, 0.25) is 0 Å². The van der Waals surface area contributed by atoms with E-state index in [0.29, 0.717) is 0 Å². The van der Waals surface area contributed by atoms with Gasteiger partial charge in [0.1, 0.15) is 11.6 Å². The summed E-state index contributed by atoms with van der Waals surface area (Å²) >= 11 is 0. The molecule has 0 saturated carbocycles. The van der Waals surface area contributed by atoms with Gasteiger partial charge in [-0.2, -0.15) is 57.1 Å². The minimum Gasteiger partial charge on any atom is -0.461 e. The largest absolute Gasteiger partial charge is 0.461 e. The third-order valence-corrected chi connectivity index (χ3v) is 4.31. The molecule has 5 nitrogen and oxygen atoms in total. The van der Waals surface area contributed by atoms with Gasteiger partial charge >= 0.3 is 47.9 Å². The van der Waals surface area contributed by atoms with Crippen LogP contribution in [-0.4, -0.2) is 65.6 Å². The molecule has 0 heterocycles. The van der Waals surface area contributed by atoms with Crippen LogP contribution in [0.1, 0.15) is 41.5 Å². The van der Waals surface area contributed by atoms with Gasteiger partial charge in [0.05, 0.1) is 12.0 Å². The van der Waals surface area contributed by atoms with Gasteiger partial charge in [0, 0.05) is 0 Å². The van der Waals surface area contributed by atoms with E-state index in [0.717, 1.165) is 13.8 Å². The molecule has 0 spiro atoms. The van der Waals surface area contributed by atoms with Crippen LogP contribution in [0, 0.1) is 5.92 Å². The molecule has 0 saturated heterocycles. The molecule has 36 heavy (non-hydrogen) atoms. The van der Waals surface area contributed by atoms with E-state index < -0.39 is 71.5 Å². The second-order valence-corrected chi connectivity index (χ2v) is 8.82. The zero-order valence-corrected chi connectivity index (χ0v) is 19.3. The molecule has 18 heteroatoms. The van der Waals surface area contributed by atoms with Crippen molar-refractivity contribution in [2.75, 3.05) is 0 Å². The molecule has 0 rings (SSSR count). The summed E-state index contributed by atoms with van der Waals surface area (Å²) in [5, 5.41) is 1.29. The lowest BCUT2D eigenvalue weighted by Gasteiger charge is -2.42. The van der Waals surface area contributed by atoms with Crippen molar-refractivity contribution in [1.29, 1.82) is 0 Å². The summed E-state index contributed by atoms with van der Waals surface area (Å²) < 4.78 is 184. The van der Waals surface area contributed by atoms with Gasteiger partial charge in [-0.05, 0) is 34.6 Å². The maximum Gasteiger partial charge on any atom is 0.460 e. The number of hydrogen-bond acceptors (Lipinski definition) is 4. The standard InChI is InChI=1S/C18H22F13NO4/c1-7(2)35-10(33)9(32-11(34)36-12(4,5)6)8(3)13(19,20)14(21,22)15(23,24)16(25,26)17(27,28)18(29,30)31/h7-9H,1-6H3,(H,32,34). The summed E-state index contributed by atoms with van der Waals surface area (Å²) in [5.74, 6) is -44.0. The Morgan fingerprint density at radius 1 is 0.667 bits per heavy atom. The summed E-state index contributed by atoms with van der Waals surface area (Å²) in [6.07, 6.45) is -10.6. The van der Waals surface area contributed by atoms with Gasteiger partial charge in [0.15, 0.2) is 0 Å². The van der Waals surface area contributed by atoms with Crippen molar-refractivity contribution in [3.63, 3.8) is 0 Å². The summed E-state index contributed by atoms with van der Waals surface area (Å²) in [5.41, 5.74) is -1.41. The second kappa shape index (κ2) is 9.95. The Labute approximate surface area is 195 Å². The first-order valence-electron chi connectivity index (χ1n) is 9.64. The molecule has 2 unspecified atom stereocenters. The van der Waals surface area contributed by atoms with Crippen LogP contribution in [-0.2, 0) is 14.3 Å². The lowest BCUT2D eigenvalue weighted by atomic mass is 9.84. The first-order chi connectivity index (χ1) is 15.5. The zero-order valence-electron chi connectivity index (χ0n) is 19.3. The number of alkyl carbamates (subject to hydrolysis) is 1. The third-order valence-electron chi connectivity index (χ3n) is 4.31. The molecule has 1 amide bonds. The number of ether oxygens (including phenoxy) is 2. The summed E-state index contributed by atoms with van der Waals surface area (Å²) in [6.45, 7) is 5.58. The first-order valence-corrected chi connectivity index (χ1v) is 9.64. The van der Waals surface area contributed by atoms with E-state index in [2.05, 4.69) is 9.47 Å². The molecular weight excluding hydrogens is 541 g/mol. The fraction of sp³-hybridized carbons (Fsp3) is 0.889. The van der Waals surface area contributed by atoms with Gasteiger partial charge < -0.3 is 14.8 Å². The first kappa shape index (κ1) is 33.8. The van der Waals surface area contributed by atoms with Crippen molar-refractivity contribution in [3.05, 3.63) is 0 Å². The van der Waals surface area contributed by atoms with Crippen LogP contribution in [0.5, 0.6) is 0 Å². The number of carbonyl (C=O) groups excluding carboxylic acids is 2. The highest BCUT2D eigenvalue weighted by molar-refractivity contribution is 5.82. The lowest BCUT2D eigenvalue weighted by molar-refractivity contribution is -0.443. The third kappa shape index (κ3) is 6.20. The molecule has 214 valence electrons. The molecule has 0 bridgehead atoms. The highest BCUT2D eigenvalue weighted by atomic mass is 19.4. The topological polar surface area (TPSA) is 64.6 Å². The molecule has 0 aromatic carbocycles. The molecule has 0 aromatic rings. The van der Waals surface area contributed by atoms with Crippen LogP contribution in [0.25, 0.3) is 0 Å². The van der Waals surface area contributed by atoms with Crippen LogP contribution < -0.4 is 5.32 Å². The van der Waals surface area contributed by atoms with E-state index >= 15 is 0 Å². The molecule has 0 radical (unpaired) electrons. The Kier molecular flexibility index (Phi) is 9.35. The number of halogens is 13. The van der Waals surface area contributed by atoms with E-state index in [-0.39, 0.29) is 6.92 Å². The number of nitrogens with one attached hydrogen (secondary N) is 1. The van der Waals surface area contributed by atoms with E-state index in [1.807, 2.05) is 0 Å². The Morgan fingerprint density at radius 3 is 1.39 bits per heavy atom. The Morgan fingerprint density at radius 2 is 1.06 bits per heavy atom. The van der Waals surface area contributed by atoms with Crippen molar-refractivity contribution in [2.45, 2.75) is 95.1 Å². The molecule has 1 N–H and O–H groups in total. The van der Waals surface area contributed by atoms with Crippen LogP contribution in [0.4, 0.5) is 61.9 Å². The number of esters is 1. The quantitative estimate of drug-likeness (QED) is 0.268. The van der Waals surface area contributed by atoms with Crippen LogP contribution in [0.3, 0.4) is 0 Å². The number of amides is 1. The average Bonchev–Trinajstić information content (AvgIpc) is 2.61. The number of alkyl halides is 13. The SMILES string of the molecule is CC(C)OC(=O)C(NC(=O)OC(C)(C)C)C(C)C(F)(F)C(F)(F)C(F)(F)C(F)(F)C(F)(F)C(F)(F)F. The highest BCUT2D eigenvalue weighted by Gasteiger charge is 2.91. The summed E-state index contributed by atoms with van der Waals surface area (Å²) in [7, 11) is 0. The number of carbonyl (C=O) groups is 2. The number of hydrogen-bond donors (Lipinski definition) is 1. The summed E-state index contributed by atoms with van der Waals surface area (Å²) in [6, 6.07) is -3.06. The van der Waals surface area contributed by atoms with Gasteiger partial charge in [0.25, 0.3) is 0 Å². The molecule has 0 aromatic heterocycles. The molecular formula is C18H22F13NO4. The number of rotatable bonds is 9. The van der Waals surface area contributed by atoms with Crippen LogP contribution in [0.2, 0.25) is 0 Å². The maximum absolute atomic E-state index is 14.6. The fourth-order valence-electron chi connectivity index (χ4n) is 2.41. The van der Waals surface area contributed by atoms with Crippen molar-refractivity contribution in [3.8, 4) is 0 Å².